The fraction of sp³-hybridized carbons (Fsp3) is 0.383. The van der Waals surface area contributed by atoms with Crippen molar-refractivity contribution in [3.05, 3.63) is 118 Å². The Morgan fingerprint density at radius 1 is 0.887 bits per heavy atom. The zero-order valence-corrected chi connectivity index (χ0v) is 35.2. The molecule has 1 aliphatic carbocycles. The van der Waals surface area contributed by atoms with Crippen LogP contribution in [0.2, 0.25) is 0 Å². The molecular formula is C47H51FN8O6. The summed E-state index contributed by atoms with van der Waals surface area (Å²) in [4.78, 5) is 58.2. The van der Waals surface area contributed by atoms with E-state index in [9.17, 15) is 19.5 Å². The van der Waals surface area contributed by atoms with Crippen LogP contribution in [0, 0.1) is 23.6 Å². The number of aromatic nitrogens is 4. The normalized spacial score (nSPS) is 18.5. The summed E-state index contributed by atoms with van der Waals surface area (Å²) in [5.74, 6) is 6.80. The highest BCUT2D eigenvalue weighted by molar-refractivity contribution is 5.86. The second-order valence-corrected chi connectivity index (χ2v) is 16.3. The van der Waals surface area contributed by atoms with Crippen molar-refractivity contribution in [1.82, 2.24) is 40.4 Å². The van der Waals surface area contributed by atoms with Crippen molar-refractivity contribution in [3.8, 4) is 34.4 Å². The van der Waals surface area contributed by atoms with Gasteiger partial charge in [0.1, 0.15) is 29.7 Å². The third kappa shape index (κ3) is 8.66. The summed E-state index contributed by atoms with van der Waals surface area (Å²) in [7, 11) is 2.57. The number of nitrogens with zero attached hydrogens (tertiary/aromatic N) is 4. The lowest BCUT2D eigenvalue weighted by molar-refractivity contribution is -0.135. The zero-order valence-electron chi connectivity index (χ0n) is 35.2. The number of likely N-dealkylation sites (tertiary alicyclic amines) is 2. The summed E-state index contributed by atoms with van der Waals surface area (Å²) >= 11 is 0. The first-order valence-corrected chi connectivity index (χ1v) is 21.1. The smallest absolute Gasteiger partial charge is 0.407 e. The van der Waals surface area contributed by atoms with Crippen LogP contribution >= 0.6 is 0 Å². The molecule has 3 aliphatic rings. The molecule has 0 radical (unpaired) electrons. The molecule has 0 spiro atoms. The number of H-pyrrole nitrogens is 2. The summed E-state index contributed by atoms with van der Waals surface area (Å²) in [5.41, 5.74) is 6.97. The quantitative estimate of drug-likeness (QED) is 0.0958. The van der Waals surface area contributed by atoms with Crippen LogP contribution in [0.15, 0.2) is 72.9 Å². The number of rotatable bonds is 10. The van der Waals surface area contributed by atoms with Crippen LogP contribution < -0.4 is 10.6 Å². The third-order valence-corrected chi connectivity index (χ3v) is 12.1. The van der Waals surface area contributed by atoms with Gasteiger partial charge in [0.05, 0.1) is 55.5 Å². The molecule has 14 nitrogen and oxygen atoms in total. The number of aryl methyl sites for hydroxylation is 2. The molecule has 5 N–H and O–H groups in total. The van der Waals surface area contributed by atoms with Crippen molar-refractivity contribution >= 4 is 18.1 Å². The van der Waals surface area contributed by atoms with E-state index in [2.05, 4.69) is 37.4 Å². The van der Waals surface area contributed by atoms with Gasteiger partial charge in [-0.15, -0.1) is 0 Å². The Labute approximate surface area is 359 Å². The number of methoxy groups -OCH3 is 2. The predicted molar refractivity (Wildman–Crippen MR) is 229 cm³/mol. The molecule has 4 heterocycles. The molecule has 5 atom stereocenters. The van der Waals surface area contributed by atoms with Gasteiger partial charge in [-0.2, -0.15) is 0 Å². The first-order valence-electron chi connectivity index (χ1n) is 21.1. The number of aliphatic hydroxyl groups excluding tert-OH is 1. The molecule has 0 saturated carbocycles. The van der Waals surface area contributed by atoms with Crippen molar-refractivity contribution < 1.29 is 33.4 Å². The second kappa shape index (κ2) is 18.2. The molecule has 2 aliphatic heterocycles. The number of hydrogen-bond acceptors (Lipinski definition) is 9. The van der Waals surface area contributed by atoms with Gasteiger partial charge >= 0.3 is 12.2 Å². The number of fused-ring (bicyclic) bond motifs is 3. The van der Waals surface area contributed by atoms with Crippen LogP contribution in [-0.2, 0) is 27.1 Å². The minimum atomic E-state index is -1.06. The number of nitrogens with one attached hydrogen (secondary N) is 4. The number of amides is 3. The van der Waals surface area contributed by atoms with Gasteiger partial charge in [0, 0.05) is 35.5 Å². The monoisotopic (exact) mass is 842 g/mol. The number of aliphatic hydroxyl groups is 1. The lowest BCUT2D eigenvalue weighted by atomic mass is 9.91. The molecule has 15 heteroatoms. The molecule has 5 unspecified atom stereocenters. The van der Waals surface area contributed by atoms with E-state index in [1.165, 1.54) is 20.3 Å². The van der Waals surface area contributed by atoms with Gasteiger partial charge in [-0.05, 0) is 79.8 Å². The second-order valence-electron chi connectivity index (χ2n) is 16.3. The van der Waals surface area contributed by atoms with Crippen molar-refractivity contribution in [2.24, 2.45) is 5.92 Å². The maximum absolute atomic E-state index is 15.6. The largest absolute Gasteiger partial charge is 0.453 e. The Morgan fingerprint density at radius 2 is 1.65 bits per heavy atom. The molecule has 62 heavy (non-hydrogen) atoms. The first kappa shape index (κ1) is 42.2. The molecule has 3 aromatic carbocycles. The third-order valence-electron chi connectivity index (χ3n) is 12.1. The summed E-state index contributed by atoms with van der Waals surface area (Å²) < 4.78 is 25.2. The van der Waals surface area contributed by atoms with Gasteiger partial charge in [0.2, 0.25) is 5.91 Å². The van der Waals surface area contributed by atoms with Crippen LogP contribution in [-0.4, -0.2) is 92.5 Å². The van der Waals surface area contributed by atoms with E-state index in [0.29, 0.717) is 30.2 Å². The molecular weight excluding hydrogens is 792 g/mol. The standard InChI is InChI=1S/C47H51FN8O6/c1-27(2)39(53-46(59)61-3)44(57)56-23-9-13-38(56)43-50-35-21-19-31-24-28(15-20-33(31)41(35)52-43)14-16-29-17-18-32(25-34(29)48)36-26-49-42(51-36)37-12-8-22-55(37)45(58)40(54-47(60)62-4)30-10-6-5-7-11-30/h5-7,10-11,15,17-18,20,24-27,37-40,45,58H,8-9,12-13,19,21-23H2,1-4H3,(H,49,51)(H,50,52)(H,53,59)(H,54,60). The number of ether oxygens (including phenoxy) is 2. The van der Waals surface area contributed by atoms with E-state index in [4.69, 9.17) is 14.5 Å². The Bertz CT molecular complexity index is 2510. The summed E-state index contributed by atoms with van der Waals surface area (Å²) in [6, 6.07) is 18.2. The lowest BCUT2D eigenvalue weighted by Crippen LogP contribution is -2.51. The molecule has 2 aromatic heterocycles. The van der Waals surface area contributed by atoms with Gasteiger partial charge in [0.15, 0.2) is 0 Å². The molecule has 8 rings (SSSR count). The average Bonchev–Trinajstić information content (AvgIpc) is 4.13. The summed E-state index contributed by atoms with van der Waals surface area (Å²) in [6.07, 6.45) is 3.99. The maximum Gasteiger partial charge on any atom is 0.407 e. The lowest BCUT2D eigenvalue weighted by Gasteiger charge is -2.34. The summed E-state index contributed by atoms with van der Waals surface area (Å²) in [5, 5.41) is 17.1. The topological polar surface area (TPSA) is 178 Å². The first-order chi connectivity index (χ1) is 30.0. The van der Waals surface area contributed by atoms with Gasteiger partial charge in [-0.25, -0.2) is 23.9 Å². The van der Waals surface area contributed by atoms with Gasteiger partial charge < -0.3 is 40.1 Å². The van der Waals surface area contributed by atoms with E-state index in [1.807, 2.05) is 72.2 Å². The Hall–Kier alpha value is -6.50. The number of halogens is 1. The van der Waals surface area contributed by atoms with Gasteiger partial charge in [0.25, 0.3) is 0 Å². The average molecular weight is 843 g/mol. The highest BCUT2D eigenvalue weighted by atomic mass is 19.1. The predicted octanol–water partition coefficient (Wildman–Crippen LogP) is 6.70. The number of carbonyl (C=O) groups is 3. The Kier molecular flexibility index (Phi) is 12.4. The highest BCUT2D eigenvalue weighted by Crippen LogP contribution is 2.39. The van der Waals surface area contributed by atoms with Crippen molar-refractivity contribution in [2.75, 3.05) is 27.3 Å². The number of imidazole rings is 2. The van der Waals surface area contributed by atoms with E-state index in [-0.39, 0.29) is 29.5 Å². The molecule has 322 valence electrons. The van der Waals surface area contributed by atoms with Crippen molar-refractivity contribution in [3.63, 3.8) is 0 Å². The maximum atomic E-state index is 15.6. The number of carbonyl (C=O) groups excluding carboxylic acids is 3. The molecule has 0 bridgehead atoms. The highest BCUT2D eigenvalue weighted by Gasteiger charge is 2.39. The van der Waals surface area contributed by atoms with Crippen LogP contribution in [0.1, 0.15) is 97.3 Å². The van der Waals surface area contributed by atoms with Crippen LogP contribution in [0.3, 0.4) is 0 Å². The number of aromatic amines is 2. The number of hydrogen-bond donors (Lipinski definition) is 5. The van der Waals surface area contributed by atoms with Gasteiger partial charge in [-0.3, -0.25) is 9.69 Å². The number of benzene rings is 3. The zero-order chi connectivity index (χ0) is 43.5. The molecule has 2 saturated heterocycles. The summed E-state index contributed by atoms with van der Waals surface area (Å²) in [6.45, 7) is 4.96. The molecule has 3 amide bonds. The van der Waals surface area contributed by atoms with E-state index in [0.717, 1.165) is 78.0 Å². The van der Waals surface area contributed by atoms with Crippen molar-refractivity contribution in [1.29, 1.82) is 0 Å². The van der Waals surface area contributed by atoms with Crippen LogP contribution in [0.5, 0.6) is 0 Å². The molecule has 5 aromatic rings. The van der Waals surface area contributed by atoms with E-state index in [1.54, 1.807) is 18.3 Å². The van der Waals surface area contributed by atoms with Crippen LogP contribution in [0.25, 0.3) is 22.5 Å². The minimum absolute atomic E-state index is 0.124. The van der Waals surface area contributed by atoms with E-state index >= 15 is 4.39 Å². The van der Waals surface area contributed by atoms with E-state index < -0.39 is 36.3 Å². The fourth-order valence-corrected chi connectivity index (χ4v) is 8.90. The van der Waals surface area contributed by atoms with Crippen LogP contribution in [0.4, 0.5) is 14.0 Å². The molecule has 2 fully saturated rings. The van der Waals surface area contributed by atoms with Crippen molar-refractivity contribution in [2.45, 2.75) is 82.8 Å². The van der Waals surface area contributed by atoms with Gasteiger partial charge in [-0.1, -0.05) is 68.2 Å². The fourth-order valence-electron chi connectivity index (χ4n) is 8.90. The Balaban J connectivity index is 0.949. The minimum Gasteiger partial charge on any atom is -0.453 e. The number of alkyl carbamates (subject to hydrolysis) is 2. The SMILES string of the molecule is COC(=O)NC(C(=O)N1CCCC1c1nc2c([nH]1)CCc1cc(C#Cc3ccc(-c4cnc(C5CCCN5C(O)C(NC(=O)OC)c5ccccc5)[nH]4)cc3F)ccc1-2)C(C)C. The Morgan fingerprint density at radius 3 is 2.40 bits per heavy atom.